The molecule has 1 heterocycles. The summed E-state index contributed by atoms with van der Waals surface area (Å²) in [4.78, 5) is 5.21. The van der Waals surface area contributed by atoms with Crippen molar-refractivity contribution in [1.82, 2.24) is 14.7 Å². The first kappa shape index (κ1) is 14.7. The molecular formula is C12H14ClN3OS2. The zero-order valence-corrected chi connectivity index (χ0v) is 12.8. The Balaban J connectivity index is 2.07. The van der Waals surface area contributed by atoms with Gasteiger partial charge in [0.05, 0.1) is 11.6 Å². The van der Waals surface area contributed by atoms with Crippen LogP contribution in [-0.4, -0.2) is 29.6 Å². The molecule has 0 atom stereocenters. The molecule has 0 saturated heterocycles. The summed E-state index contributed by atoms with van der Waals surface area (Å²) < 4.78 is 9.90. The van der Waals surface area contributed by atoms with Gasteiger partial charge in [0.25, 0.3) is 0 Å². The maximum Gasteiger partial charge on any atom is 0.174 e. The van der Waals surface area contributed by atoms with E-state index in [0.29, 0.717) is 6.61 Å². The first-order valence-electron chi connectivity index (χ1n) is 5.73. The van der Waals surface area contributed by atoms with Gasteiger partial charge in [-0.1, -0.05) is 35.5 Å². The zero-order valence-electron chi connectivity index (χ0n) is 10.4. The Morgan fingerprint density at radius 3 is 3.11 bits per heavy atom. The summed E-state index contributed by atoms with van der Waals surface area (Å²) in [5, 5.41) is 4.06. The fourth-order valence-corrected chi connectivity index (χ4v) is 3.33. The monoisotopic (exact) mass is 315 g/mol. The minimum Gasteiger partial charge on any atom is -0.383 e. The van der Waals surface area contributed by atoms with Crippen molar-refractivity contribution in [1.29, 1.82) is 0 Å². The van der Waals surface area contributed by atoms with Crippen LogP contribution in [0.1, 0.15) is 5.56 Å². The molecule has 1 aromatic heterocycles. The average molecular weight is 316 g/mol. The molecular weight excluding hydrogens is 302 g/mol. The van der Waals surface area contributed by atoms with E-state index in [1.807, 2.05) is 12.1 Å². The van der Waals surface area contributed by atoms with Crippen LogP contribution in [0.25, 0.3) is 0 Å². The van der Waals surface area contributed by atoms with Crippen molar-refractivity contribution in [3.63, 3.8) is 0 Å². The lowest BCUT2D eigenvalue weighted by atomic mass is 10.2. The normalized spacial score (nSPS) is 10.8. The second kappa shape index (κ2) is 7.81. The van der Waals surface area contributed by atoms with Gasteiger partial charge in [0, 0.05) is 25.1 Å². The van der Waals surface area contributed by atoms with Gasteiger partial charge in [-0.25, -0.2) is 4.98 Å². The summed E-state index contributed by atoms with van der Waals surface area (Å²) in [5.41, 5.74) is 1.16. The van der Waals surface area contributed by atoms with Crippen molar-refractivity contribution < 1.29 is 4.74 Å². The number of rotatable bonds is 7. The highest BCUT2D eigenvalue weighted by molar-refractivity contribution is 8.01. The molecule has 1 N–H and O–H groups in total. The van der Waals surface area contributed by atoms with Gasteiger partial charge in [0.1, 0.15) is 6.33 Å². The predicted molar refractivity (Wildman–Crippen MR) is 79.1 cm³/mol. The Hall–Kier alpha value is -0.660. The third-order valence-electron chi connectivity index (χ3n) is 2.38. The van der Waals surface area contributed by atoms with Gasteiger partial charge in [0.15, 0.2) is 4.34 Å². The van der Waals surface area contributed by atoms with Gasteiger partial charge in [-0.2, -0.15) is 4.37 Å². The van der Waals surface area contributed by atoms with Crippen LogP contribution in [0.4, 0.5) is 0 Å². The van der Waals surface area contributed by atoms with E-state index in [9.17, 15) is 0 Å². The first-order chi connectivity index (χ1) is 9.31. The van der Waals surface area contributed by atoms with Crippen molar-refractivity contribution in [2.45, 2.75) is 15.8 Å². The molecule has 2 rings (SSSR count). The molecule has 0 fully saturated rings. The topological polar surface area (TPSA) is 47.0 Å². The first-order valence-corrected chi connectivity index (χ1v) is 7.69. The number of benzene rings is 1. The van der Waals surface area contributed by atoms with Gasteiger partial charge < -0.3 is 10.1 Å². The van der Waals surface area contributed by atoms with Crippen LogP contribution in [0.15, 0.2) is 33.8 Å². The molecule has 19 heavy (non-hydrogen) atoms. The van der Waals surface area contributed by atoms with E-state index in [2.05, 4.69) is 20.7 Å². The maximum atomic E-state index is 6.27. The Morgan fingerprint density at radius 1 is 1.47 bits per heavy atom. The number of hydrogen-bond acceptors (Lipinski definition) is 6. The minimum absolute atomic E-state index is 0.694. The molecule has 0 unspecified atom stereocenters. The number of nitrogens with one attached hydrogen (secondary N) is 1. The summed E-state index contributed by atoms with van der Waals surface area (Å²) in [7, 11) is 1.69. The molecule has 0 spiro atoms. The van der Waals surface area contributed by atoms with Crippen LogP contribution in [0, 0.1) is 0 Å². The highest BCUT2D eigenvalue weighted by atomic mass is 35.5. The molecule has 0 radical (unpaired) electrons. The molecule has 0 aliphatic rings. The van der Waals surface area contributed by atoms with E-state index in [1.54, 1.807) is 25.2 Å². The number of ether oxygens (including phenoxy) is 1. The third kappa shape index (κ3) is 4.43. The lowest BCUT2D eigenvalue weighted by molar-refractivity contribution is 0.199. The van der Waals surface area contributed by atoms with Gasteiger partial charge in [-0.15, -0.1) is 0 Å². The largest absolute Gasteiger partial charge is 0.383 e. The average Bonchev–Trinajstić information content (AvgIpc) is 2.91. The maximum absolute atomic E-state index is 6.27. The van der Waals surface area contributed by atoms with Gasteiger partial charge >= 0.3 is 0 Å². The van der Waals surface area contributed by atoms with Crippen molar-refractivity contribution >= 4 is 34.9 Å². The standard InChI is InChI=1S/C12H14ClN3OS2/c1-17-6-5-14-7-9-3-2-4-10(13)11(9)18-12-15-8-16-19-12/h2-4,8,14H,5-7H2,1H3. The summed E-state index contributed by atoms with van der Waals surface area (Å²) in [6.07, 6.45) is 1.56. The molecule has 102 valence electrons. The van der Waals surface area contributed by atoms with Gasteiger partial charge in [0.2, 0.25) is 0 Å². The molecule has 2 aromatic rings. The molecule has 0 aliphatic carbocycles. The SMILES string of the molecule is COCCNCc1cccc(Cl)c1Sc1ncns1. The number of aromatic nitrogens is 2. The van der Waals surface area contributed by atoms with Crippen LogP contribution < -0.4 is 5.32 Å². The van der Waals surface area contributed by atoms with E-state index in [4.69, 9.17) is 16.3 Å². The van der Waals surface area contributed by atoms with Crippen molar-refractivity contribution in [2.75, 3.05) is 20.3 Å². The highest BCUT2D eigenvalue weighted by Gasteiger charge is 2.10. The van der Waals surface area contributed by atoms with Crippen LogP contribution in [0.2, 0.25) is 5.02 Å². The van der Waals surface area contributed by atoms with Crippen LogP contribution in [0.5, 0.6) is 0 Å². The van der Waals surface area contributed by atoms with E-state index in [0.717, 1.165) is 32.9 Å². The van der Waals surface area contributed by atoms with Crippen molar-refractivity contribution in [3.8, 4) is 0 Å². The predicted octanol–water partition coefficient (Wildman–Crippen LogP) is 3.08. The Labute approximate surface area is 125 Å². The van der Waals surface area contributed by atoms with E-state index >= 15 is 0 Å². The zero-order chi connectivity index (χ0) is 13.5. The number of nitrogens with zero attached hydrogens (tertiary/aromatic N) is 2. The highest BCUT2D eigenvalue weighted by Crippen LogP contribution is 2.36. The van der Waals surface area contributed by atoms with Gasteiger partial charge in [-0.05, 0) is 23.2 Å². The Morgan fingerprint density at radius 2 is 2.37 bits per heavy atom. The number of methoxy groups -OCH3 is 1. The molecule has 0 amide bonds. The second-order valence-corrected chi connectivity index (χ2v) is 6.15. The van der Waals surface area contributed by atoms with E-state index in [-0.39, 0.29) is 0 Å². The van der Waals surface area contributed by atoms with E-state index in [1.165, 1.54) is 11.5 Å². The third-order valence-corrected chi connectivity index (χ3v) is 4.71. The molecule has 1 aromatic carbocycles. The lowest BCUT2D eigenvalue weighted by Gasteiger charge is -2.10. The van der Waals surface area contributed by atoms with Crippen LogP contribution in [0.3, 0.4) is 0 Å². The molecule has 0 bridgehead atoms. The summed E-state index contributed by atoms with van der Waals surface area (Å²) >= 11 is 9.19. The van der Waals surface area contributed by atoms with Gasteiger partial charge in [-0.3, -0.25) is 0 Å². The Kier molecular flexibility index (Phi) is 6.06. The van der Waals surface area contributed by atoms with E-state index < -0.39 is 0 Å². The Bertz CT molecular complexity index is 508. The fourth-order valence-electron chi connectivity index (χ4n) is 1.50. The van der Waals surface area contributed by atoms with Crippen LogP contribution >= 0.6 is 34.9 Å². The summed E-state index contributed by atoms with van der Waals surface area (Å²) in [6.45, 7) is 2.26. The molecule has 4 nitrogen and oxygen atoms in total. The fraction of sp³-hybridized carbons (Fsp3) is 0.333. The van der Waals surface area contributed by atoms with Crippen molar-refractivity contribution in [3.05, 3.63) is 35.1 Å². The lowest BCUT2D eigenvalue weighted by Crippen LogP contribution is -2.18. The number of hydrogen-bond donors (Lipinski definition) is 1. The quantitative estimate of drug-likeness (QED) is 0.796. The molecule has 7 heteroatoms. The number of halogens is 1. The molecule has 0 saturated carbocycles. The molecule has 0 aliphatic heterocycles. The summed E-state index contributed by atoms with van der Waals surface area (Å²) in [6, 6.07) is 5.92. The van der Waals surface area contributed by atoms with Crippen molar-refractivity contribution in [2.24, 2.45) is 0 Å². The minimum atomic E-state index is 0.694. The second-order valence-electron chi connectivity index (χ2n) is 3.71. The smallest absolute Gasteiger partial charge is 0.174 e. The van der Waals surface area contributed by atoms with Crippen LogP contribution in [-0.2, 0) is 11.3 Å². The summed E-state index contributed by atoms with van der Waals surface area (Å²) in [5.74, 6) is 0.